The smallest absolute Gasteiger partial charge is 0.253 e. The number of carbonyl (C=O) groups excluding carboxylic acids is 8. The molecule has 46 heteroatoms. The topological polar surface area (TPSA) is 623 Å². The highest BCUT2D eigenvalue weighted by Gasteiger charge is 2.62. The predicted octanol–water partition coefficient (Wildman–Crippen LogP) is -7.98. The first-order valence-electron chi connectivity index (χ1n) is 40.2. The van der Waals surface area contributed by atoms with E-state index in [1.54, 1.807) is 41.5 Å². The fourth-order valence-electron chi connectivity index (χ4n) is 15.9. The van der Waals surface area contributed by atoms with Gasteiger partial charge in [0.1, 0.15) is 152 Å². The Morgan fingerprint density at radius 1 is 0.317 bits per heavy atom. The van der Waals surface area contributed by atoms with Crippen molar-refractivity contribution in [2.45, 2.75) is 387 Å². The van der Waals surface area contributed by atoms with Gasteiger partial charge in [0.25, 0.3) is 11.8 Å². The van der Waals surface area contributed by atoms with Crippen LogP contribution in [0.25, 0.3) is 0 Å². The Balaban J connectivity index is 1.05. The molecule has 6 amide bonds. The van der Waals surface area contributed by atoms with Crippen molar-refractivity contribution in [1.29, 1.82) is 0 Å². The molecule has 0 aromatic rings. The number of hydrogen-bond acceptors (Lipinski definition) is 40. The van der Waals surface area contributed by atoms with E-state index in [0.29, 0.717) is 0 Å². The molecule has 0 saturated carbocycles. The lowest BCUT2D eigenvalue weighted by molar-refractivity contribution is -0.377. The number of ketones is 2. The summed E-state index contributed by atoms with van der Waals surface area (Å²) < 4.78 is 99.8. The quantitative estimate of drug-likeness (QED) is 0.0165. The van der Waals surface area contributed by atoms with Crippen molar-refractivity contribution in [3.8, 4) is 0 Å². The van der Waals surface area contributed by atoms with Crippen LogP contribution in [-0.4, -0.2) is 384 Å². The summed E-state index contributed by atoms with van der Waals surface area (Å²) in [6.45, 7) is 22.7. The molecule has 8 aliphatic rings. The Morgan fingerprint density at radius 2 is 0.567 bits per heavy atom. The maximum Gasteiger partial charge on any atom is 0.253 e. The third kappa shape index (κ3) is 24.1. The second-order valence-corrected chi connectivity index (χ2v) is 33.7. The van der Waals surface area contributed by atoms with Gasteiger partial charge >= 0.3 is 0 Å². The zero-order valence-electron chi connectivity index (χ0n) is 69.8. The number of Topliss-reactive ketones (excluding diaryl/α,β-unsaturated/α-hetero) is 2. The highest BCUT2D eigenvalue weighted by Crippen LogP contribution is 2.42. The number of carbonyl (C=O) groups is 8. The zero-order valence-corrected chi connectivity index (χ0v) is 71.6. The van der Waals surface area contributed by atoms with Crippen molar-refractivity contribution in [3.63, 3.8) is 0 Å². The molecule has 40 unspecified atom stereocenters. The number of amides is 6. The molecule has 40 atom stereocenters. The van der Waals surface area contributed by atoms with Gasteiger partial charge < -0.3 is 169 Å². The summed E-state index contributed by atoms with van der Waals surface area (Å²) in [7, 11) is 0. The van der Waals surface area contributed by atoms with Gasteiger partial charge in [-0.25, -0.2) is 0 Å². The van der Waals surface area contributed by atoms with Gasteiger partial charge in [-0.15, -0.1) is 0 Å². The van der Waals surface area contributed by atoms with Gasteiger partial charge in [0.05, 0.1) is 55.5 Å². The van der Waals surface area contributed by atoms with Crippen molar-refractivity contribution in [2.75, 3.05) is 25.1 Å². The highest BCUT2D eigenvalue weighted by molar-refractivity contribution is 7.80. The monoisotopic (exact) mass is 1770 g/mol. The Kier molecular flexibility index (Phi) is 37.0. The van der Waals surface area contributed by atoms with Gasteiger partial charge in [0.2, 0.25) is 23.6 Å². The molecule has 8 fully saturated rings. The second kappa shape index (κ2) is 43.9. The largest absolute Gasteiger partial charge is 0.388 e. The molecule has 0 aliphatic carbocycles. The summed E-state index contributed by atoms with van der Waals surface area (Å²) in [6, 6.07) is -6.40. The molecule has 0 aromatic carbocycles. The molecule has 690 valence electrons. The Hall–Kier alpha value is -4.34. The van der Waals surface area contributed by atoms with Crippen molar-refractivity contribution < 1.29 is 175 Å². The van der Waals surface area contributed by atoms with Crippen LogP contribution in [0.5, 0.6) is 0 Å². The maximum atomic E-state index is 14.6. The van der Waals surface area contributed by atoms with Gasteiger partial charge in [-0.2, -0.15) is 25.3 Å². The molecule has 44 nitrogen and oxygen atoms in total. The van der Waals surface area contributed by atoms with Crippen LogP contribution in [0.2, 0.25) is 0 Å². The lowest BCUT2D eigenvalue weighted by atomic mass is 9.78. The van der Waals surface area contributed by atoms with Crippen LogP contribution >= 0.6 is 25.3 Å². The first kappa shape index (κ1) is 101. The first-order chi connectivity index (χ1) is 56.3. The van der Waals surface area contributed by atoms with Gasteiger partial charge in [-0.1, -0.05) is 48.5 Å². The number of nitrogens with one attached hydrogen (secondary N) is 8. The summed E-state index contributed by atoms with van der Waals surface area (Å²) in [4.78, 5) is 109. The van der Waals surface area contributed by atoms with E-state index in [1.807, 2.05) is 20.8 Å². The molecule has 0 spiro atoms. The summed E-state index contributed by atoms with van der Waals surface area (Å²) in [5.74, 6) is -6.60. The molecule has 8 aliphatic heterocycles. The molecule has 0 bridgehead atoms. The summed E-state index contributed by atoms with van der Waals surface area (Å²) >= 11 is 8.22. The number of ether oxygens (including phenoxy) is 16. The third-order valence-corrected chi connectivity index (χ3v) is 22.2. The number of thiol groups is 2. The molecule has 120 heavy (non-hydrogen) atoms. The van der Waals surface area contributed by atoms with Crippen molar-refractivity contribution >= 4 is 72.3 Å². The average molecular weight is 1770 g/mol. The Morgan fingerprint density at radius 3 is 0.833 bits per heavy atom. The van der Waals surface area contributed by atoms with E-state index in [0.717, 1.165) is 34.6 Å². The normalized spacial score (nSPS) is 42.7. The van der Waals surface area contributed by atoms with E-state index < -0.39 is 303 Å². The van der Waals surface area contributed by atoms with Crippen LogP contribution in [0.1, 0.15) is 136 Å². The lowest BCUT2D eigenvalue weighted by Gasteiger charge is -2.52. The molecule has 8 saturated heterocycles. The minimum Gasteiger partial charge on any atom is -0.388 e. The molecule has 20 N–H and O–H groups in total. The Labute approximate surface area is 705 Å². The van der Waals surface area contributed by atoms with E-state index in [9.17, 15) is 99.6 Å². The Bertz CT molecular complexity index is 3380. The molecular formula is C74H126N8O36S2. The van der Waals surface area contributed by atoms with Crippen LogP contribution in [0.3, 0.4) is 0 Å². The first-order valence-corrected chi connectivity index (χ1v) is 41.5. The summed E-state index contributed by atoms with van der Waals surface area (Å²) in [5.41, 5.74) is -1.71. The minimum absolute atomic E-state index is 0.00957. The van der Waals surface area contributed by atoms with Crippen molar-refractivity contribution in [3.05, 3.63) is 0 Å². The average Bonchev–Trinajstić information content (AvgIpc) is 0.764. The molecule has 8 rings (SSSR count). The van der Waals surface area contributed by atoms with Crippen molar-refractivity contribution in [2.24, 2.45) is 5.41 Å². The highest BCUT2D eigenvalue weighted by atomic mass is 32.1. The number of hydrogen-bond donors (Lipinski definition) is 22. The van der Waals surface area contributed by atoms with Crippen molar-refractivity contribution in [1.82, 2.24) is 42.5 Å². The van der Waals surface area contributed by atoms with Crippen LogP contribution in [0.15, 0.2) is 0 Å². The third-order valence-electron chi connectivity index (χ3n) is 21.7. The predicted molar refractivity (Wildman–Crippen MR) is 413 cm³/mol. The molecule has 0 aromatic heterocycles. The van der Waals surface area contributed by atoms with Crippen LogP contribution in [-0.2, 0) is 114 Å². The standard InChI is InChI=1S/C74H126N8O36S2/c1-17-31-39(89)53(35(79-27(7)85)63(103-31)73(11,12)13)109-69-47(97)43(93)57(51(107-69)25(5)83)113-66-36(80-28(8)86)55(41(91)32(18-2)104-66)111-71-49(99)45(95)59(61(116-71)64(101)77-21-75-23-119)115-68-38(82-30(10)88)54(40(90)34(20-4)106-68)110-70-48(98)44(94)58(52(108-70)26(6)84)114-67-37(81-29(9)87)56(42(92)33(19-3)105-67)112-72-50(100)46(96)60(118-74(14,15)16)62(117-72)65(102)78-22-76-24-120/h31-63,66-72,75-76,89-100,119-120H,17-24H2,1-16H3,(H,77,101)(H,78,102)(H,79,85)(H,80,86)(H,81,87)(H,82,88). The number of aliphatic hydroxyl groups excluding tert-OH is 12. The number of aliphatic hydroxyl groups is 12. The fourth-order valence-corrected chi connectivity index (χ4v) is 16.1. The minimum atomic E-state index is -2.36. The van der Waals surface area contributed by atoms with Crippen LogP contribution in [0, 0.1) is 5.41 Å². The van der Waals surface area contributed by atoms with E-state index in [1.165, 1.54) is 13.8 Å². The fraction of sp³-hybridized carbons (Fsp3) is 0.892. The SMILES string of the molecule is CCC1OC(OC2C(C(=O)NCNCS)OC(OC3C(O)C(CC)OC(OC4C(C(C)=O)OC(OC5C(O)C(CC)OC(C(C)(C)C)C5NC(C)=O)C(O)C4O)C3NC(C)=O)C(O)C2O)C(NC(C)=O)C(OC2OC(C(C)=O)C(OC3OC(CC)C(O)C(OC4OC(C(=O)NCNCS)C(OC(C)(C)C)C(O)C4O)C3NC(C)=O)C(O)C2O)C1O. The van der Waals surface area contributed by atoms with E-state index in [4.69, 9.17) is 75.8 Å². The van der Waals surface area contributed by atoms with Gasteiger partial charge in [0.15, 0.2) is 67.8 Å². The zero-order chi connectivity index (χ0) is 89.3. The van der Waals surface area contributed by atoms with Gasteiger partial charge in [0, 0.05) is 39.4 Å². The van der Waals surface area contributed by atoms with E-state index in [2.05, 4.69) is 67.8 Å². The van der Waals surface area contributed by atoms with E-state index >= 15 is 0 Å². The van der Waals surface area contributed by atoms with E-state index in [-0.39, 0.29) is 50.8 Å². The summed E-state index contributed by atoms with van der Waals surface area (Å²) in [5, 5.41) is 165. The van der Waals surface area contributed by atoms with Gasteiger partial charge in [-0.3, -0.25) is 49.0 Å². The maximum absolute atomic E-state index is 14.6. The lowest BCUT2D eigenvalue weighted by Crippen LogP contribution is -2.71. The molecule has 8 heterocycles. The number of rotatable bonds is 33. The molecular weight excluding hydrogens is 1640 g/mol. The molecule has 0 radical (unpaired) electrons. The van der Waals surface area contributed by atoms with Crippen LogP contribution in [0.4, 0.5) is 0 Å². The summed E-state index contributed by atoms with van der Waals surface area (Å²) in [6.07, 6.45) is -66.4. The second-order valence-electron chi connectivity index (χ2n) is 33.1. The van der Waals surface area contributed by atoms with Crippen LogP contribution < -0.4 is 42.5 Å². The van der Waals surface area contributed by atoms with Gasteiger partial charge in [-0.05, 0) is 65.7 Å².